The minimum absolute atomic E-state index is 0.0302. The normalized spacial score (nSPS) is 33.1. The van der Waals surface area contributed by atoms with Gasteiger partial charge in [-0.2, -0.15) is 0 Å². The van der Waals surface area contributed by atoms with Crippen molar-refractivity contribution >= 4 is 79.3 Å². The molecule has 2 aromatic rings. The second-order valence-corrected chi connectivity index (χ2v) is 24.6. The zero-order valence-electron chi connectivity index (χ0n) is 34.9. The molecule has 326 valence electrons. The van der Waals surface area contributed by atoms with E-state index in [1.807, 2.05) is 54.7 Å². The number of benzene rings is 2. The van der Waals surface area contributed by atoms with Crippen LogP contribution in [0.5, 0.6) is 5.75 Å². The molecule has 7 aliphatic rings. The minimum atomic E-state index is -3.95. The summed E-state index contributed by atoms with van der Waals surface area (Å²) in [7, 11) is -3.95. The van der Waals surface area contributed by atoms with E-state index in [1.165, 1.54) is 41.5 Å². The Labute approximate surface area is 379 Å². The lowest BCUT2D eigenvalue weighted by molar-refractivity contribution is -0.127. The van der Waals surface area contributed by atoms with Crippen LogP contribution in [-0.4, -0.2) is 96.8 Å². The van der Waals surface area contributed by atoms with Gasteiger partial charge < -0.3 is 24.8 Å². The van der Waals surface area contributed by atoms with Crippen LogP contribution in [0.3, 0.4) is 0 Å². The standard InChI is InChI=1S/C36H45ClN2O5S3.C7H13NO.C2H5I/c1-23-6-3-15-36(41,34-45-16-5-17-46-34)30-11-8-27(30)20-39-21-35(14-4-7-25-18-28(37)10-12-29(25)35)22-44-32-13-9-26(19-31(32)39)33(40)38-47(42,43)24(23)2;1-3-8-4-2-7(1)5-9-6-7;1-2-3/h3,9-10,12-13,15,18-19,23-24,27,30,34,41H,4-8,11,14,16-17,20-22H2,1-2H3,(H,38,40);8H,1-6H2;2H2,1H3/b15-3+;;/t23-,24+,27-,30+,35-,36-;;/m0../s1. The average molecular weight is 1000 g/mol. The fourth-order valence-corrected chi connectivity index (χ4v) is 14.7. The van der Waals surface area contributed by atoms with Crippen molar-refractivity contribution in [2.75, 3.05) is 66.8 Å². The Hall–Kier alpha value is -1.20. The molecular weight excluding hydrogens is 937 g/mol. The third-order valence-corrected chi connectivity index (χ3v) is 19.2. The second kappa shape index (κ2) is 19.7. The Morgan fingerprint density at radius 2 is 1.76 bits per heavy atom. The second-order valence-electron chi connectivity index (χ2n) is 17.9. The molecule has 5 heterocycles. The van der Waals surface area contributed by atoms with E-state index >= 15 is 0 Å². The lowest BCUT2D eigenvalue weighted by atomic mass is 9.64. The summed E-state index contributed by atoms with van der Waals surface area (Å²) >= 11 is 12.4. The number of aliphatic hydroxyl groups is 1. The number of piperidine rings is 1. The summed E-state index contributed by atoms with van der Waals surface area (Å²) < 4.78 is 42.3. The molecule has 9 rings (SSSR count). The Kier molecular flexibility index (Phi) is 15.3. The molecule has 3 saturated heterocycles. The van der Waals surface area contributed by atoms with E-state index in [0.29, 0.717) is 37.3 Å². The number of hydrogen-bond acceptors (Lipinski definition) is 10. The zero-order chi connectivity index (χ0) is 41.8. The van der Waals surface area contributed by atoms with Gasteiger partial charge >= 0.3 is 0 Å². The molecular formula is C45H63ClIN3O6S3. The van der Waals surface area contributed by atoms with Gasteiger partial charge in [-0.1, -0.05) is 66.3 Å². The van der Waals surface area contributed by atoms with E-state index < -0.39 is 26.8 Å². The number of nitrogens with one attached hydrogen (secondary N) is 2. The lowest BCUT2D eigenvalue weighted by Gasteiger charge is -2.51. The Morgan fingerprint density at radius 3 is 2.42 bits per heavy atom. The first kappa shape index (κ1) is 45.8. The van der Waals surface area contributed by atoms with Crippen molar-refractivity contribution in [1.82, 2.24) is 10.0 Å². The Morgan fingerprint density at radius 1 is 1.02 bits per heavy atom. The number of amides is 1. The van der Waals surface area contributed by atoms with Crippen LogP contribution in [0.25, 0.3) is 0 Å². The summed E-state index contributed by atoms with van der Waals surface area (Å²) in [5, 5.41) is 15.9. The van der Waals surface area contributed by atoms with Gasteiger partial charge in [0.1, 0.15) is 11.4 Å². The molecule has 5 aliphatic heterocycles. The molecule has 0 unspecified atom stereocenters. The molecule has 3 N–H and O–H groups in total. The van der Waals surface area contributed by atoms with Crippen LogP contribution >= 0.6 is 57.7 Å². The van der Waals surface area contributed by atoms with E-state index in [0.717, 1.165) is 74.0 Å². The molecule has 2 aromatic carbocycles. The molecule has 1 saturated carbocycles. The molecule has 9 nitrogen and oxygen atoms in total. The molecule has 2 spiro atoms. The van der Waals surface area contributed by atoms with Gasteiger partial charge in [0.2, 0.25) is 10.0 Å². The van der Waals surface area contributed by atoms with E-state index in [4.69, 9.17) is 21.1 Å². The van der Waals surface area contributed by atoms with Gasteiger partial charge in [0, 0.05) is 34.5 Å². The van der Waals surface area contributed by atoms with Crippen LogP contribution in [0.15, 0.2) is 48.6 Å². The molecule has 0 aromatic heterocycles. The number of hydrogen-bond donors (Lipinski definition) is 3. The summed E-state index contributed by atoms with van der Waals surface area (Å²) in [6, 6.07) is 11.5. The van der Waals surface area contributed by atoms with Gasteiger partial charge in [0.05, 0.1) is 35.3 Å². The Balaban J connectivity index is 0.000000378. The number of fused-ring (bicyclic) bond motifs is 4. The molecule has 2 bridgehead atoms. The molecule has 4 fully saturated rings. The largest absolute Gasteiger partial charge is 0.490 e. The predicted molar refractivity (Wildman–Crippen MR) is 253 cm³/mol. The van der Waals surface area contributed by atoms with Crippen LogP contribution in [0.1, 0.15) is 93.6 Å². The van der Waals surface area contributed by atoms with Crippen molar-refractivity contribution in [3.63, 3.8) is 0 Å². The quantitative estimate of drug-likeness (QED) is 0.146. The van der Waals surface area contributed by atoms with Crippen molar-refractivity contribution in [1.29, 1.82) is 0 Å². The molecule has 14 heteroatoms. The van der Waals surface area contributed by atoms with Crippen molar-refractivity contribution in [2.24, 2.45) is 23.2 Å². The maximum absolute atomic E-state index is 13.5. The van der Waals surface area contributed by atoms with Crippen LogP contribution in [0.4, 0.5) is 5.69 Å². The number of ether oxygens (including phenoxy) is 2. The number of thioether (sulfide) groups is 2. The SMILES string of the molecule is C1CC2(CCN1)COC2.CCI.C[C@@H]1[C@@H](C)C/C=C/[C@@](O)(C2SCCCS2)[C@@H]2CC[C@H]2CN2C[C@@]3(CCCc4cc(Cl)ccc43)COc3ccc(cc32)C(=O)NS1(=O)=O. The highest BCUT2D eigenvalue weighted by atomic mass is 127. The van der Waals surface area contributed by atoms with Crippen LogP contribution < -0.4 is 19.7 Å². The number of aryl methyl sites for hydroxylation is 1. The van der Waals surface area contributed by atoms with Crippen molar-refractivity contribution < 1.29 is 27.8 Å². The number of allylic oxidation sites excluding steroid dienone is 1. The number of rotatable bonds is 1. The first-order chi connectivity index (χ1) is 28.3. The number of anilines is 1. The number of alkyl halides is 1. The van der Waals surface area contributed by atoms with Crippen molar-refractivity contribution in [3.8, 4) is 5.75 Å². The lowest BCUT2D eigenvalue weighted by Crippen LogP contribution is -2.55. The fraction of sp³-hybridized carbons (Fsp3) is 0.667. The summed E-state index contributed by atoms with van der Waals surface area (Å²) in [4.78, 5) is 15.9. The maximum atomic E-state index is 13.5. The third kappa shape index (κ3) is 10.1. The molecule has 2 aliphatic carbocycles. The summed E-state index contributed by atoms with van der Waals surface area (Å²) in [5.74, 6) is 2.18. The van der Waals surface area contributed by atoms with Crippen LogP contribution in [0.2, 0.25) is 5.02 Å². The van der Waals surface area contributed by atoms with Gasteiger partial charge in [-0.3, -0.25) is 4.79 Å². The number of carbonyl (C=O) groups is 1. The number of nitrogens with zero attached hydrogens (tertiary/aromatic N) is 1. The molecule has 0 radical (unpaired) electrons. The van der Waals surface area contributed by atoms with E-state index in [-0.39, 0.29) is 33.3 Å². The molecule has 1 amide bonds. The van der Waals surface area contributed by atoms with Crippen molar-refractivity contribution in [2.45, 2.75) is 99.4 Å². The van der Waals surface area contributed by atoms with Gasteiger partial charge in [-0.15, -0.1) is 23.5 Å². The minimum Gasteiger partial charge on any atom is -0.490 e. The average Bonchev–Trinajstić information content (AvgIpc) is 3.35. The smallest absolute Gasteiger partial charge is 0.264 e. The number of carbonyl (C=O) groups excluding carboxylic acids is 1. The zero-order valence-corrected chi connectivity index (χ0v) is 40.2. The third-order valence-electron chi connectivity index (χ3n) is 13.9. The maximum Gasteiger partial charge on any atom is 0.264 e. The fourth-order valence-electron chi connectivity index (χ4n) is 9.95. The highest BCUT2D eigenvalue weighted by molar-refractivity contribution is 14.1. The summed E-state index contributed by atoms with van der Waals surface area (Å²) in [5.41, 5.74) is 2.94. The first-order valence-corrected chi connectivity index (χ1v) is 27.2. The number of sulfonamides is 1. The van der Waals surface area contributed by atoms with Gasteiger partial charge in [0.25, 0.3) is 5.91 Å². The van der Waals surface area contributed by atoms with Gasteiger partial charge in [-0.05, 0) is 153 Å². The van der Waals surface area contributed by atoms with Crippen LogP contribution in [0, 0.1) is 23.2 Å². The van der Waals surface area contributed by atoms with Crippen LogP contribution in [-0.2, 0) is 26.6 Å². The highest BCUT2D eigenvalue weighted by Gasteiger charge is 2.52. The van der Waals surface area contributed by atoms with Crippen molar-refractivity contribution in [3.05, 3.63) is 70.3 Å². The predicted octanol–water partition coefficient (Wildman–Crippen LogP) is 8.64. The van der Waals surface area contributed by atoms with E-state index in [9.17, 15) is 18.3 Å². The Bertz CT molecular complexity index is 1920. The topological polar surface area (TPSA) is 117 Å². The van der Waals surface area contributed by atoms with Gasteiger partial charge in [-0.25, -0.2) is 13.1 Å². The monoisotopic (exact) mass is 999 g/mol. The molecule has 6 atom stereocenters. The number of halogens is 2. The summed E-state index contributed by atoms with van der Waals surface area (Å²) in [6.07, 6.45) is 13.2. The first-order valence-electron chi connectivity index (χ1n) is 21.7. The van der Waals surface area contributed by atoms with E-state index in [2.05, 4.69) is 56.6 Å². The summed E-state index contributed by atoms with van der Waals surface area (Å²) in [6.45, 7) is 12.0. The highest BCUT2D eigenvalue weighted by Crippen LogP contribution is 2.53. The molecule has 59 heavy (non-hydrogen) atoms. The van der Waals surface area contributed by atoms with E-state index in [1.54, 1.807) is 19.1 Å². The van der Waals surface area contributed by atoms with Gasteiger partial charge in [0.15, 0.2) is 0 Å².